The Morgan fingerprint density at radius 1 is 1.67 bits per heavy atom. The van der Waals surface area contributed by atoms with Gasteiger partial charge in [0.25, 0.3) is 0 Å². The molecular formula is C7H6IN2OS-. The number of aromatic amines is 1. The van der Waals surface area contributed by atoms with Crippen LogP contribution in [0.4, 0.5) is 0 Å². The zero-order valence-corrected chi connectivity index (χ0v) is 9.27. The first-order chi connectivity index (χ1) is 5.81. The van der Waals surface area contributed by atoms with Crippen molar-refractivity contribution in [3.63, 3.8) is 0 Å². The fourth-order valence-electron chi connectivity index (χ4n) is 0.934. The first kappa shape index (κ1) is 8.18. The molecule has 0 aromatic carbocycles. The van der Waals surface area contributed by atoms with Crippen molar-refractivity contribution in [3.8, 4) is 0 Å². The average molecular weight is 293 g/mol. The van der Waals surface area contributed by atoms with Crippen molar-refractivity contribution in [2.24, 2.45) is 0 Å². The number of fused-ring (bicyclic) bond motifs is 1. The summed E-state index contributed by atoms with van der Waals surface area (Å²) in [5.74, 6) is 0. The molecule has 0 spiro atoms. The summed E-state index contributed by atoms with van der Waals surface area (Å²) in [5.41, 5.74) is 0.840. The van der Waals surface area contributed by atoms with E-state index in [-0.39, 0.29) is 26.8 Å². The summed E-state index contributed by atoms with van der Waals surface area (Å²) in [5, 5.41) is 1.89. The number of H-pyrrole nitrogens is 1. The standard InChI is InChI=1S/C7H6IN2OS/c1-8-7-9-4-2-3-12-5(4)6(11)10-7/h2-3H,1H3,(H,9,10,11)/q-1. The molecule has 2 rings (SSSR count). The topological polar surface area (TPSA) is 45.8 Å². The molecule has 12 heavy (non-hydrogen) atoms. The summed E-state index contributed by atoms with van der Waals surface area (Å²) >= 11 is 1.31. The third-order valence-electron chi connectivity index (χ3n) is 1.46. The Morgan fingerprint density at radius 2 is 2.50 bits per heavy atom. The first-order valence-electron chi connectivity index (χ1n) is 3.28. The minimum atomic E-state index is -0.125. The van der Waals surface area contributed by atoms with Gasteiger partial charge < -0.3 is 0 Å². The van der Waals surface area contributed by atoms with E-state index in [1.807, 2.05) is 11.4 Å². The molecule has 0 aliphatic rings. The van der Waals surface area contributed by atoms with E-state index in [4.69, 9.17) is 0 Å². The quantitative estimate of drug-likeness (QED) is 0.371. The van der Waals surface area contributed by atoms with Crippen LogP contribution in [0.3, 0.4) is 0 Å². The second-order valence-corrected chi connectivity index (χ2v) is 5.20. The van der Waals surface area contributed by atoms with Crippen LogP contribution in [0.25, 0.3) is 10.2 Å². The third kappa shape index (κ3) is 1.27. The number of halogens is 1. The molecule has 0 aliphatic heterocycles. The van der Waals surface area contributed by atoms with Gasteiger partial charge >= 0.3 is 83.3 Å². The van der Waals surface area contributed by atoms with E-state index in [9.17, 15) is 4.79 Å². The summed E-state index contributed by atoms with van der Waals surface area (Å²) in [7, 11) is 0. The second-order valence-electron chi connectivity index (χ2n) is 2.18. The molecule has 0 fully saturated rings. The number of aromatic nitrogens is 2. The number of thiophene rings is 1. The number of nitrogens with zero attached hydrogens (tertiary/aromatic N) is 1. The molecule has 0 radical (unpaired) electrons. The van der Waals surface area contributed by atoms with Gasteiger partial charge in [0.15, 0.2) is 0 Å². The SMILES string of the molecule is C[I-]c1nc2ccsc2c(=O)[nH]1. The van der Waals surface area contributed by atoms with Crippen molar-refractivity contribution in [1.82, 2.24) is 9.97 Å². The zero-order valence-electron chi connectivity index (χ0n) is 6.30. The minimum absolute atomic E-state index is 0.00606. The van der Waals surface area contributed by atoms with Crippen LogP contribution in [-0.2, 0) is 0 Å². The van der Waals surface area contributed by atoms with Crippen molar-refractivity contribution >= 4 is 21.6 Å². The summed E-state index contributed by atoms with van der Waals surface area (Å²) in [6.07, 6.45) is 0. The van der Waals surface area contributed by atoms with Gasteiger partial charge in [0, 0.05) is 0 Å². The fraction of sp³-hybridized carbons (Fsp3) is 0.143. The molecule has 64 valence electrons. The molecule has 0 saturated heterocycles. The molecule has 0 saturated carbocycles. The molecule has 0 amide bonds. The van der Waals surface area contributed by atoms with E-state index in [1.54, 1.807) is 0 Å². The van der Waals surface area contributed by atoms with Gasteiger partial charge in [-0.1, -0.05) is 0 Å². The molecular weight excluding hydrogens is 287 g/mol. The Labute approximate surface area is 83.1 Å². The Kier molecular flexibility index (Phi) is 2.14. The van der Waals surface area contributed by atoms with Crippen molar-refractivity contribution in [2.45, 2.75) is 0 Å². The van der Waals surface area contributed by atoms with Crippen LogP contribution in [0.1, 0.15) is 0 Å². The van der Waals surface area contributed by atoms with E-state index in [1.165, 1.54) is 11.3 Å². The van der Waals surface area contributed by atoms with Gasteiger partial charge in [0.05, 0.1) is 0 Å². The average Bonchev–Trinajstić information content (AvgIpc) is 2.52. The zero-order chi connectivity index (χ0) is 8.55. The summed E-state index contributed by atoms with van der Waals surface area (Å²) < 4.78 is 1.60. The van der Waals surface area contributed by atoms with Gasteiger partial charge in [-0.2, -0.15) is 0 Å². The Hall–Kier alpha value is -0.430. The Morgan fingerprint density at radius 3 is 3.25 bits per heavy atom. The molecule has 1 N–H and O–H groups in total. The van der Waals surface area contributed by atoms with E-state index in [2.05, 4.69) is 14.9 Å². The molecule has 3 nitrogen and oxygen atoms in total. The van der Waals surface area contributed by atoms with Crippen LogP contribution in [-0.4, -0.2) is 14.9 Å². The molecule has 0 unspecified atom stereocenters. The van der Waals surface area contributed by atoms with Crippen molar-refractivity contribution < 1.29 is 21.2 Å². The molecule has 0 aliphatic carbocycles. The predicted molar refractivity (Wildman–Crippen MR) is 44.9 cm³/mol. The fourth-order valence-corrected chi connectivity index (χ4v) is 2.68. The molecule has 5 heteroatoms. The summed E-state index contributed by atoms with van der Waals surface area (Å²) in [6, 6.07) is 1.89. The number of hydrogen-bond donors (Lipinski definition) is 1. The first-order valence-corrected chi connectivity index (χ1v) is 7.40. The normalized spacial score (nSPS) is 11.1. The summed E-state index contributed by atoms with van der Waals surface area (Å²) in [4.78, 5) is 20.5. The van der Waals surface area contributed by atoms with Crippen LogP contribution in [0, 0.1) is 3.83 Å². The van der Waals surface area contributed by atoms with Gasteiger partial charge in [-0.15, -0.1) is 0 Å². The number of nitrogens with one attached hydrogen (secondary N) is 1. The van der Waals surface area contributed by atoms with Crippen molar-refractivity contribution in [3.05, 3.63) is 25.6 Å². The molecule has 2 heterocycles. The maximum absolute atomic E-state index is 11.4. The van der Waals surface area contributed by atoms with Crippen molar-refractivity contribution in [2.75, 3.05) is 4.93 Å². The third-order valence-corrected chi connectivity index (χ3v) is 3.90. The molecule has 0 atom stereocenters. The monoisotopic (exact) mass is 293 g/mol. The predicted octanol–water partition coefficient (Wildman–Crippen LogP) is -2.13. The van der Waals surface area contributed by atoms with Crippen LogP contribution >= 0.6 is 11.3 Å². The number of hydrogen-bond acceptors (Lipinski definition) is 3. The molecule has 2 aromatic rings. The number of alkyl halides is 1. The second kappa shape index (κ2) is 3.14. The van der Waals surface area contributed by atoms with Gasteiger partial charge in [0.1, 0.15) is 0 Å². The van der Waals surface area contributed by atoms with Gasteiger partial charge in [-0.05, 0) is 0 Å². The Bertz CT molecular complexity index is 462. The van der Waals surface area contributed by atoms with E-state index >= 15 is 0 Å². The van der Waals surface area contributed by atoms with Crippen molar-refractivity contribution in [1.29, 1.82) is 0 Å². The van der Waals surface area contributed by atoms with Crippen LogP contribution in [0.15, 0.2) is 16.2 Å². The van der Waals surface area contributed by atoms with Gasteiger partial charge in [-0.3, -0.25) is 0 Å². The van der Waals surface area contributed by atoms with E-state index in [0.717, 1.165) is 14.0 Å². The van der Waals surface area contributed by atoms with Crippen LogP contribution < -0.4 is 26.8 Å². The van der Waals surface area contributed by atoms with E-state index in [0.29, 0.717) is 0 Å². The number of rotatable bonds is 1. The molecule has 0 bridgehead atoms. The maximum atomic E-state index is 11.4. The Balaban J connectivity index is 2.84. The molecule has 2 aromatic heterocycles. The van der Waals surface area contributed by atoms with Gasteiger partial charge in [0.2, 0.25) is 0 Å². The van der Waals surface area contributed by atoms with E-state index < -0.39 is 0 Å². The summed E-state index contributed by atoms with van der Waals surface area (Å²) in [6.45, 7) is 0. The van der Waals surface area contributed by atoms with Crippen LogP contribution in [0.5, 0.6) is 0 Å². The van der Waals surface area contributed by atoms with Gasteiger partial charge in [-0.25, -0.2) is 0 Å². The van der Waals surface area contributed by atoms with Crippen LogP contribution in [0.2, 0.25) is 0 Å².